The molecule has 0 aliphatic carbocycles. The van der Waals surface area contributed by atoms with Crippen molar-refractivity contribution in [1.29, 1.82) is 0 Å². The van der Waals surface area contributed by atoms with Crippen LogP contribution in [0.1, 0.15) is 41.0 Å². The molecule has 1 aliphatic rings. The molecule has 17 heavy (non-hydrogen) atoms. The van der Waals surface area contributed by atoms with Crippen LogP contribution in [0.5, 0.6) is 0 Å². The molecule has 0 spiro atoms. The lowest BCUT2D eigenvalue weighted by molar-refractivity contribution is -0.129. The predicted molar refractivity (Wildman–Crippen MR) is 67.4 cm³/mol. The fourth-order valence-electron chi connectivity index (χ4n) is 2.04. The summed E-state index contributed by atoms with van der Waals surface area (Å²) in [6, 6.07) is 0. The monoisotopic (exact) mass is 240 g/mol. The number of carbonyl (C=O) groups is 2. The Balaban J connectivity index is 2.54. The molecule has 0 bridgehead atoms. The normalized spacial score (nSPS) is 21.2. The molecule has 1 fully saturated rings. The molecular weight excluding hydrogens is 216 g/mol. The molecule has 1 saturated heterocycles. The lowest BCUT2D eigenvalue weighted by atomic mass is 10.0. The Morgan fingerprint density at radius 3 is 2.53 bits per heavy atom. The maximum Gasteiger partial charge on any atom is 0.225 e. The van der Waals surface area contributed by atoms with Gasteiger partial charge >= 0.3 is 0 Å². The zero-order valence-corrected chi connectivity index (χ0v) is 11.5. The highest BCUT2D eigenvalue weighted by molar-refractivity contribution is 5.89. The van der Waals surface area contributed by atoms with Crippen molar-refractivity contribution in [2.75, 3.05) is 13.1 Å². The van der Waals surface area contributed by atoms with Gasteiger partial charge in [0, 0.05) is 25.0 Å². The number of hydrogen-bond donors (Lipinski definition) is 1. The minimum atomic E-state index is -0.231. The van der Waals surface area contributed by atoms with Crippen molar-refractivity contribution in [3.8, 4) is 0 Å². The van der Waals surface area contributed by atoms with Gasteiger partial charge in [0.25, 0.3) is 0 Å². The van der Waals surface area contributed by atoms with E-state index in [2.05, 4.69) is 19.2 Å². The van der Waals surface area contributed by atoms with E-state index in [4.69, 9.17) is 0 Å². The van der Waals surface area contributed by atoms with Gasteiger partial charge in [-0.1, -0.05) is 13.8 Å². The third kappa shape index (κ3) is 4.36. The van der Waals surface area contributed by atoms with Crippen LogP contribution in [0, 0.1) is 11.8 Å². The van der Waals surface area contributed by atoms with Gasteiger partial charge in [-0.3, -0.25) is 9.59 Å². The average Bonchev–Trinajstić information content (AvgIpc) is 2.44. The Bertz CT molecular complexity index is 305. The van der Waals surface area contributed by atoms with Crippen molar-refractivity contribution in [3.05, 3.63) is 0 Å². The van der Waals surface area contributed by atoms with Crippen LogP contribution in [0.4, 0.5) is 0 Å². The van der Waals surface area contributed by atoms with Gasteiger partial charge in [-0.25, -0.2) is 0 Å². The van der Waals surface area contributed by atoms with Crippen LogP contribution in [0.25, 0.3) is 0 Å². The second-order valence-corrected chi connectivity index (χ2v) is 6.33. The minimum absolute atomic E-state index is 0.00268. The quantitative estimate of drug-likeness (QED) is 0.810. The summed E-state index contributed by atoms with van der Waals surface area (Å²) in [5, 5.41) is 2.94. The first kappa shape index (κ1) is 14.0. The SMILES string of the molecule is CC(C)CN1C[C@H](C(=O)NC(C)(C)C)CC1=O. The zero-order chi connectivity index (χ0) is 13.2. The van der Waals surface area contributed by atoms with Gasteiger partial charge in [-0.2, -0.15) is 0 Å². The molecule has 0 unspecified atom stereocenters. The number of nitrogens with one attached hydrogen (secondary N) is 1. The lowest BCUT2D eigenvalue weighted by Crippen LogP contribution is -2.44. The molecular formula is C13H24N2O2. The van der Waals surface area contributed by atoms with Crippen molar-refractivity contribution >= 4 is 11.8 Å². The molecule has 1 heterocycles. The smallest absolute Gasteiger partial charge is 0.225 e. The number of nitrogens with zero attached hydrogens (tertiary/aromatic N) is 1. The fraction of sp³-hybridized carbons (Fsp3) is 0.846. The van der Waals surface area contributed by atoms with Crippen molar-refractivity contribution in [3.63, 3.8) is 0 Å². The molecule has 2 amide bonds. The van der Waals surface area contributed by atoms with E-state index in [0.29, 0.717) is 18.9 Å². The van der Waals surface area contributed by atoms with Crippen molar-refractivity contribution in [2.24, 2.45) is 11.8 Å². The Kier molecular flexibility index (Phi) is 4.17. The number of rotatable bonds is 3. The molecule has 0 aromatic carbocycles. The second-order valence-electron chi connectivity index (χ2n) is 6.33. The van der Waals surface area contributed by atoms with E-state index in [9.17, 15) is 9.59 Å². The van der Waals surface area contributed by atoms with Crippen LogP contribution < -0.4 is 5.32 Å². The summed E-state index contributed by atoms with van der Waals surface area (Å²) in [7, 11) is 0. The maximum absolute atomic E-state index is 11.9. The molecule has 98 valence electrons. The highest BCUT2D eigenvalue weighted by atomic mass is 16.2. The first-order chi connectivity index (χ1) is 7.69. The molecule has 4 heteroatoms. The molecule has 1 atom stereocenters. The number of likely N-dealkylation sites (tertiary alicyclic amines) is 1. The zero-order valence-electron chi connectivity index (χ0n) is 11.5. The van der Waals surface area contributed by atoms with E-state index < -0.39 is 0 Å². The Morgan fingerprint density at radius 2 is 2.06 bits per heavy atom. The molecule has 0 radical (unpaired) electrons. The molecule has 1 rings (SSSR count). The summed E-state index contributed by atoms with van der Waals surface area (Å²) in [5.74, 6) is 0.369. The Labute approximate surface area is 104 Å². The largest absolute Gasteiger partial charge is 0.351 e. The average molecular weight is 240 g/mol. The summed E-state index contributed by atoms with van der Waals surface area (Å²) in [5.41, 5.74) is -0.231. The maximum atomic E-state index is 11.9. The molecule has 1 N–H and O–H groups in total. The summed E-state index contributed by atoms with van der Waals surface area (Å²) in [6.07, 6.45) is 0.356. The third-order valence-corrected chi connectivity index (χ3v) is 2.67. The number of amides is 2. The summed E-state index contributed by atoms with van der Waals surface area (Å²) >= 11 is 0. The summed E-state index contributed by atoms with van der Waals surface area (Å²) in [4.78, 5) is 25.5. The van der Waals surface area contributed by atoms with Crippen LogP contribution in [0.15, 0.2) is 0 Å². The van der Waals surface area contributed by atoms with Gasteiger partial charge in [0.15, 0.2) is 0 Å². The summed E-state index contributed by atoms with van der Waals surface area (Å²) < 4.78 is 0. The molecule has 4 nitrogen and oxygen atoms in total. The number of carbonyl (C=O) groups excluding carboxylic acids is 2. The van der Waals surface area contributed by atoms with Crippen LogP contribution in [-0.2, 0) is 9.59 Å². The Hall–Kier alpha value is -1.06. The van der Waals surface area contributed by atoms with Gasteiger partial charge in [0.2, 0.25) is 11.8 Å². The summed E-state index contributed by atoms with van der Waals surface area (Å²) in [6.45, 7) is 11.3. The van der Waals surface area contributed by atoms with E-state index >= 15 is 0 Å². The van der Waals surface area contributed by atoms with E-state index in [0.717, 1.165) is 6.54 Å². The van der Waals surface area contributed by atoms with Crippen LogP contribution in [0.3, 0.4) is 0 Å². The third-order valence-electron chi connectivity index (χ3n) is 2.67. The molecule has 1 aliphatic heterocycles. The van der Waals surface area contributed by atoms with Gasteiger partial charge in [0.1, 0.15) is 0 Å². The first-order valence-corrected chi connectivity index (χ1v) is 6.29. The predicted octanol–water partition coefficient (Wildman–Crippen LogP) is 1.41. The highest BCUT2D eigenvalue weighted by Gasteiger charge is 2.35. The van der Waals surface area contributed by atoms with Crippen LogP contribution in [0.2, 0.25) is 0 Å². The molecule has 0 saturated carbocycles. The van der Waals surface area contributed by atoms with E-state index in [1.165, 1.54) is 0 Å². The number of hydrogen-bond acceptors (Lipinski definition) is 2. The molecule has 0 aromatic rings. The van der Waals surface area contributed by atoms with Gasteiger partial charge in [0.05, 0.1) is 5.92 Å². The van der Waals surface area contributed by atoms with Crippen LogP contribution in [-0.4, -0.2) is 35.3 Å². The van der Waals surface area contributed by atoms with Crippen LogP contribution >= 0.6 is 0 Å². The van der Waals surface area contributed by atoms with E-state index in [-0.39, 0.29) is 23.3 Å². The highest BCUT2D eigenvalue weighted by Crippen LogP contribution is 2.20. The van der Waals surface area contributed by atoms with E-state index in [1.54, 1.807) is 4.90 Å². The molecule has 0 aromatic heterocycles. The van der Waals surface area contributed by atoms with Gasteiger partial charge < -0.3 is 10.2 Å². The lowest BCUT2D eigenvalue weighted by Gasteiger charge is -2.23. The fourth-order valence-corrected chi connectivity index (χ4v) is 2.04. The minimum Gasteiger partial charge on any atom is -0.351 e. The van der Waals surface area contributed by atoms with Crippen molar-refractivity contribution in [1.82, 2.24) is 10.2 Å². The topological polar surface area (TPSA) is 49.4 Å². The van der Waals surface area contributed by atoms with Gasteiger partial charge in [-0.15, -0.1) is 0 Å². The second kappa shape index (κ2) is 5.07. The first-order valence-electron chi connectivity index (χ1n) is 6.29. The standard InChI is InChI=1S/C13H24N2O2/c1-9(2)7-15-8-10(6-11(15)16)12(17)14-13(3,4)5/h9-10H,6-8H2,1-5H3,(H,14,17)/t10-/m1/s1. The van der Waals surface area contributed by atoms with Crippen molar-refractivity contribution < 1.29 is 9.59 Å². The van der Waals surface area contributed by atoms with E-state index in [1.807, 2.05) is 20.8 Å². The Morgan fingerprint density at radius 1 is 1.47 bits per heavy atom. The van der Waals surface area contributed by atoms with Gasteiger partial charge in [-0.05, 0) is 26.7 Å². The van der Waals surface area contributed by atoms with Crippen molar-refractivity contribution in [2.45, 2.75) is 46.6 Å².